The van der Waals surface area contributed by atoms with Gasteiger partial charge in [0.1, 0.15) is 0 Å². The van der Waals surface area contributed by atoms with Crippen LogP contribution in [0.2, 0.25) is 0 Å². The van der Waals surface area contributed by atoms with Crippen molar-refractivity contribution in [3.63, 3.8) is 0 Å². The molecule has 2 aromatic rings. The quantitative estimate of drug-likeness (QED) is 0.883. The first-order valence-corrected chi connectivity index (χ1v) is 7.28. The zero-order valence-electron chi connectivity index (χ0n) is 10.3. The van der Waals surface area contributed by atoms with Crippen LogP contribution in [0.4, 0.5) is 0 Å². The minimum Gasteiger partial charge on any atom is -0.388 e. The summed E-state index contributed by atoms with van der Waals surface area (Å²) in [6, 6.07) is 14.4. The average molecular weight is 246 g/mol. The van der Waals surface area contributed by atoms with E-state index in [2.05, 4.69) is 31.4 Å². The fraction of sp³-hybridized carbons (Fsp3) is 0.333. The van der Waals surface area contributed by atoms with Gasteiger partial charge in [0, 0.05) is 0 Å². The molecule has 1 nitrogen and oxygen atoms in total. The van der Waals surface area contributed by atoms with Crippen LogP contribution in [0.5, 0.6) is 0 Å². The van der Waals surface area contributed by atoms with E-state index in [-0.39, 0.29) is 12.0 Å². The maximum Gasteiger partial charge on any atom is 0.0829 e. The van der Waals surface area contributed by atoms with E-state index in [1.165, 1.54) is 5.39 Å². The van der Waals surface area contributed by atoms with Crippen molar-refractivity contribution in [2.24, 2.45) is 5.92 Å². The van der Waals surface area contributed by atoms with Gasteiger partial charge < -0.3 is 5.11 Å². The number of rotatable bonds is 4. The smallest absolute Gasteiger partial charge is 0.0829 e. The molecule has 0 aromatic heterocycles. The van der Waals surface area contributed by atoms with Gasteiger partial charge in [-0.2, -0.15) is 11.8 Å². The Morgan fingerprint density at radius 3 is 2.59 bits per heavy atom. The van der Waals surface area contributed by atoms with Gasteiger partial charge in [0.2, 0.25) is 0 Å². The van der Waals surface area contributed by atoms with Crippen LogP contribution >= 0.6 is 11.8 Å². The molecule has 0 amide bonds. The molecule has 2 heteroatoms. The molecule has 0 aliphatic rings. The van der Waals surface area contributed by atoms with Crippen molar-refractivity contribution in [3.8, 4) is 0 Å². The van der Waals surface area contributed by atoms with E-state index in [1.807, 2.05) is 24.3 Å². The molecule has 2 unspecified atom stereocenters. The summed E-state index contributed by atoms with van der Waals surface area (Å²) in [5.41, 5.74) is 1.05. The number of thioether (sulfide) groups is 1. The Labute approximate surface area is 107 Å². The summed E-state index contributed by atoms with van der Waals surface area (Å²) in [7, 11) is 0. The van der Waals surface area contributed by atoms with Gasteiger partial charge in [-0.3, -0.25) is 0 Å². The van der Waals surface area contributed by atoms with Crippen LogP contribution in [0, 0.1) is 5.92 Å². The molecule has 0 heterocycles. The van der Waals surface area contributed by atoms with E-state index >= 15 is 0 Å². The fourth-order valence-electron chi connectivity index (χ4n) is 2.17. The molecule has 1 N–H and O–H groups in total. The second-order valence-corrected chi connectivity index (χ2v) is 5.36. The van der Waals surface area contributed by atoms with Gasteiger partial charge in [0.25, 0.3) is 0 Å². The molecular formula is C15H18OS. The van der Waals surface area contributed by atoms with Gasteiger partial charge in [-0.05, 0) is 34.3 Å². The van der Waals surface area contributed by atoms with Gasteiger partial charge in [-0.25, -0.2) is 0 Å². The molecule has 0 fully saturated rings. The van der Waals surface area contributed by atoms with E-state index in [0.717, 1.165) is 16.7 Å². The second kappa shape index (κ2) is 5.56. The van der Waals surface area contributed by atoms with Gasteiger partial charge in [-0.15, -0.1) is 0 Å². The Bertz CT molecular complexity index is 490. The van der Waals surface area contributed by atoms with Crippen molar-refractivity contribution in [2.75, 3.05) is 12.0 Å². The van der Waals surface area contributed by atoms with E-state index < -0.39 is 0 Å². The van der Waals surface area contributed by atoms with Crippen LogP contribution in [0.3, 0.4) is 0 Å². The highest BCUT2D eigenvalue weighted by atomic mass is 32.2. The molecule has 0 aliphatic heterocycles. The Morgan fingerprint density at radius 1 is 1.12 bits per heavy atom. The Kier molecular flexibility index (Phi) is 4.08. The van der Waals surface area contributed by atoms with Crippen molar-refractivity contribution in [1.82, 2.24) is 0 Å². The number of hydrogen-bond acceptors (Lipinski definition) is 2. The van der Waals surface area contributed by atoms with Crippen LogP contribution in [-0.2, 0) is 0 Å². The SMILES string of the molecule is CSCC(C)C(O)c1cccc2ccccc12. The van der Waals surface area contributed by atoms with E-state index in [9.17, 15) is 5.11 Å². The minimum atomic E-state index is -0.381. The Morgan fingerprint density at radius 2 is 1.82 bits per heavy atom. The third-order valence-corrected chi connectivity index (χ3v) is 3.97. The number of aliphatic hydroxyl groups excluding tert-OH is 1. The van der Waals surface area contributed by atoms with Crippen LogP contribution < -0.4 is 0 Å². The first-order valence-electron chi connectivity index (χ1n) is 5.88. The monoisotopic (exact) mass is 246 g/mol. The van der Waals surface area contributed by atoms with Crippen LogP contribution in [-0.4, -0.2) is 17.1 Å². The molecule has 2 aromatic carbocycles. The van der Waals surface area contributed by atoms with Crippen LogP contribution in [0.1, 0.15) is 18.6 Å². The zero-order chi connectivity index (χ0) is 12.3. The molecule has 0 saturated carbocycles. The van der Waals surface area contributed by atoms with Gasteiger partial charge in [0.15, 0.2) is 0 Å². The average Bonchev–Trinajstić information content (AvgIpc) is 2.37. The summed E-state index contributed by atoms with van der Waals surface area (Å²) < 4.78 is 0. The van der Waals surface area contributed by atoms with Crippen LogP contribution in [0.25, 0.3) is 10.8 Å². The number of aliphatic hydroxyl groups is 1. The summed E-state index contributed by atoms with van der Waals surface area (Å²) in [5.74, 6) is 1.25. The molecule has 2 atom stereocenters. The van der Waals surface area contributed by atoms with Crippen LogP contribution in [0.15, 0.2) is 42.5 Å². The molecule has 2 rings (SSSR count). The number of hydrogen-bond donors (Lipinski definition) is 1. The maximum atomic E-state index is 10.4. The van der Waals surface area contributed by atoms with Crippen molar-refractivity contribution >= 4 is 22.5 Å². The van der Waals surface area contributed by atoms with E-state index in [1.54, 1.807) is 11.8 Å². The minimum absolute atomic E-state index is 0.274. The van der Waals surface area contributed by atoms with E-state index in [4.69, 9.17) is 0 Å². The fourth-order valence-corrected chi connectivity index (χ4v) is 2.88. The van der Waals surface area contributed by atoms with Gasteiger partial charge in [0.05, 0.1) is 6.10 Å². The highest BCUT2D eigenvalue weighted by Gasteiger charge is 2.17. The summed E-state index contributed by atoms with van der Waals surface area (Å²) >= 11 is 1.78. The lowest BCUT2D eigenvalue weighted by Gasteiger charge is -2.20. The van der Waals surface area contributed by atoms with Crippen molar-refractivity contribution in [1.29, 1.82) is 0 Å². The first kappa shape index (κ1) is 12.5. The van der Waals surface area contributed by atoms with Gasteiger partial charge in [-0.1, -0.05) is 49.4 Å². The maximum absolute atomic E-state index is 10.4. The Balaban J connectivity index is 2.41. The number of benzene rings is 2. The second-order valence-electron chi connectivity index (χ2n) is 4.45. The summed E-state index contributed by atoms with van der Waals surface area (Å²) in [6.07, 6.45) is 1.69. The molecule has 0 saturated heterocycles. The molecule has 17 heavy (non-hydrogen) atoms. The predicted molar refractivity (Wildman–Crippen MR) is 76.5 cm³/mol. The lowest BCUT2D eigenvalue weighted by atomic mass is 9.94. The lowest BCUT2D eigenvalue weighted by Crippen LogP contribution is -2.11. The predicted octanol–water partition coefficient (Wildman–Crippen LogP) is 3.87. The lowest BCUT2D eigenvalue weighted by molar-refractivity contribution is 0.130. The largest absolute Gasteiger partial charge is 0.388 e. The number of fused-ring (bicyclic) bond motifs is 1. The topological polar surface area (TPSA) is 20.2 Å². The molecule has 0 spiro atoms. The van der Waals surface area contributed by atoms with Crippen molar-refractivity contribution in [3.05, 3.63) is 48.0 Å². The molecule has 0 aliphatic carbocycles. The Hall–Kier alpha value is -0.990. The zero-order valence-corrected chi connectivity index (χ0v) is 11.1. The molecular weight excluding hydrogens is 228 g/mol. The normalized spacial score (nSPS) is 14.8. The highest BCUT2D eigenvalue weighted by Crippen LogP contribution is 2.30. The summed E-state index contributed by atoms with van der Waals surface area (Å²) in [5, 5.41) is 12.8. The van der Waals surface area contributed by atoms with Crippen molar-refractivity contribution in [2.45, 2.75) is 13.0 Å². The standard InChI is InChI=1S/C15H18OS/c1-11(10-17-2)15(16)14-9-5-7-12-6-3-4-8-13(12)14/h3-9,11,15-16H,10H2,1-2H3. The molecule has 0 radical (unpaired) electrons. The third kappa shape index (κ3) is 2.64. The van der Waals surface area contributed by atoms with Gasteiger partial charge >= 0.3 is 0 Å². The van der Waals surface area contributed by atoms with Crippen molar-refractivity contribution < 1.29 is 5.11 Å². The third-order valence-electron chi connectivity index (χ3n) is 3.11. The summed E-state index contributed by atoms with van der Waals surface area (Å²) in [4.78, 5) is 0. The van der Waals surface area contributed by atoms with E-state index in [0.29, 0.717) is 0 Å². The molecule has 90 valence electrons. The first-order chi connectivity index (χ1) is 8.24. The highest BCUT2D eigenvalue weighted by molar-refractivity contribution is 7.98. The summed E-state index contributed by atoms with van der Waals surface area (Å²) in [6.45, 7) is 2.10. The molecule has 0 bridgehead atoms.